The molecule has 2 aromatic heterocycles. The van der Waals surface area contributed by atoms with E-state index in [1.54, 1.807) is 26.5 Å². The molecule has 4 amide bonds. The Kier molecular flexibility index (Phi) is 14.5. The minimum absolute atomic E-state index is 0.134. The van der Waals surface area contributed by atoms with Gasteiger partial charge in [0.25, 0.3) is 0 Å². The molecule has 2 aromatic rings. The lowest BCUT2D eigenvalue weighted by atomic mass is 10.0. The molecule has 0 fully saturated rings. The second kappa shape index (κ2) is 17.8. The van der Waals surface area contributed by atoms with E-state index < -0.39 is 30.3 Å². The number of likely N-dealkylation sites (N-methyl/N-ethyl adjacent to an activating group) is 2. The number of aromatic amines is 2. The molecule has 2 heterocycles. The van der Waals surface area contributed by atoms with Crippen molar-refractivity contribution in [3.05, 3.63) is 35.4 Å². The third kappa shape index (κ3) is 10.5. The molecule has 4 atom stereocenters. The number of aromatic nitrogens is 4. The van der Waals surface area contributed by atoms with Crippen LogP contribution in [0.25, 0.3) is 0 Å². The third-order valence-electron chi connectivity index (χ3n) is 7.59. The number of amides is 4. The summed E-state index contributed by atoms with van der Waals surface area (Å²) >= 11 is 0. The van der Waals surface area contributed by atoms with E-state index in [1.807, 2.05) is 41.5 Å². The van der Waals surface area contributed by atoms with Crippen LogP contribution in [-0.2, 0) is 30.2 Å². The first-order chi connectivity index (χ1) is 21.7. The van der Waals surface area contributed by atoms with Crippen molar-refractivity contribution in [1.82, 2.24) is 40.4 Å². The van der Waals surface area contributed by atoms with E-state index in [2.05, 4.69) is 51.9 Å². The van der Waals surface area contributed by atoms with E-state index in [0.29, 0.717) is 30.4 Å². The number of hydrogen-bond acceptors (Lipinski definition) is 9. The second-order valence-corrected chi connectivity index (χ2v) is 11.5. The van der Waals surface area contributed by atoms with E-state index in [1.165, 1.54) is 24.0 Å². The molecule has 0 aromatic carbocycles. The van der Waals surface area contributed by atoms with Crippen LogP contribution in [0, 0.1) is 23.7 Å². The SMILES string of the molecule is COC(=O)N[C@@H](C(=O)N(C)[C@H](C)c1ncc(C#CCOCCc2cnc([C@@H](C)N(C)C(=O)[C@H](NC(=O)OC)C(C)C)[nH]2)[nH]1)C(C)C. The van der Waals surface area contributed by atoms with Gasteiger partial charge in [0.2, 0.25) is 11.8 Å². The highest BCUT2D eigenvalue weighted by Crippen LogP contribution is 2.20. The Morgan fingerprint density at radius 3 is 1.76 bits per heavy atom. The molecular weight excluding hydrogens is 596 g/mol. The van der Waals surface area contributed by atoms with Gasteiger partial charge in [0, 0.05) is 32.4 Å². The predicted molar refractivity (Wildman–Crippen MR) is 169 cm³/mol. The lowest BCUT2D eigenvalue weighted by Crippen LogP contribution is -2.50. The maximum Gasteiger partial charge on any atom is 0.407 e. The van der Waals surface area contributed by atoms with Crippen LogP contribution >= 0.6 is 0 Å². The number of nitrogens with zero attached hydrogens (tertiary/aromatic N) is 4. The van der Waals surface area contributed by atoms with Crippen LogP contribution in [0.15, 0.2) is 12.4 Å². The first-order valence-electron chi connectivity index (χ1n) is 15.1. The van der Waals surface area contributed by atoms with E-state index >= 15 is 0 Å². The lowest BCUT2D eigenvalue weighted by Gasteiger charge is -2.30. The van der Waals surface area contributed by atoms with Crippen molar-refractivity contribution in [3.8, 4) is 11.8 Å². The minimum Gasteiger partial charge on any atom is -0.453 e. The fourth-order valence-corrected chi connectivity index (χ4v) is 4.35. The zero-order valence-corrected chi connectivity index (χ0v) is 28.4. The lowest BCUT2D eigenvalue weighted by molar-refractivity contribution is -0.135. The summed E-state index contributed by atoms with van der Waals surface area (Å²) in [6, 6.07) is -2.23. The predicted octanol–water partition coefficient (Wildman–Crippen LogP) is 2.54. The first-order valence-corrected chi connectivity index (χ1v) is 15.1. The van der Waals surface area contributed by atoms with Crippen molar-refractivity contribution in [2.24, 2.45) is 11.8 Å². The Morgan fingerprint density at radius 1 is 0.804 bits per heavy atom. The average Bonchev–Trinajstić information content (AvgIpc) is 3.71. The maximum atomic E-state index is 13.1. The molecule has 0 saturated carbocycles. The molecule has 15 heteroatoms. The van der Waals surface area contributed by atoms with Gasteiger partial charge in [-0.2, -0.15) is 0 Å². The molecule has 46 heavy (non-hydrogen) atoms. The standard InChI is InChI=1S/C31H48N8O7/c1-18(2)24(36-30(42)44-9)28(40)38(7)20(5)26-32-16-22(34-26)12-11-14-46-15-13-23-17-33-27(35-23)21(6)39(8)29(41)25(19(3)4)37-31(43)45-10/h16-21,24-25H,13-15H2,1-10H3,(H,32,34)(H,33,35)(H,36,42)(H,37,43)/t20-,21-,24-,25-/m1/s1. The number of rotatable bonds is 14. The summed E-state index contributed by atoms with van der Waals surface area (Å²) in [5.74, 6) is 6.30. The molecule has 2 rings (SSSR count). The molecule has 0 radical (unpaired) electrons. The largest absolute Gasteiger partial charge is 0.453 e. The van der Waals surface area contributed by atoms with Crippen molar-refractivity contribution >= 4 is 24.0 Å². The zero-order valence-electron chi connectivity index (χ0n) is 28.4. The molecule has 254 valence electrons. The van der Waals surface area contributed by atoms with E-state index in [9.17, 15) is 19.2 Å². The van der Waals surface area contributed by atoms with Gasteiger partial charge >= 0.3 is 12.2 Å². The van der Waals surface area contributed by atoms with Crippen LogP contribution in [0.5, 0.6) is 0 Å². The van der Waals surface area contributed by atoms with Crippen molar-refractivity contribution in [2.75, 3.05) is 41.5 Å². The molecule has 0 spiro atoms. The van der Waals surface area contributed by atoms with Gasteiger partial charge in [-0.3, -0.25) is 9.59 Å². The molecule has 0 saturated heterocycles. The Hall–Kier alpha value is -4.58. The summed E-state index contributed by atoms with van der Waals surface area (Å²) in [4.78, 5) is 67.7. The Balaban J connectivity index is 1.87. The average molecular weight is 645 g/mol. The van der Waals surface area contributed by atoms with Crippen LogP contribution in [0.2, 0.25) is 0 Å². The maximum absolute atomic E-state index is 13.1. The smallest absolute Gasteiger partial charge is 0.407 e. The van der Waals surface area contributed by atoms with Crippen molar-refractivity contribution in [3.63, 3.8) is 0 Å². The molecule has 0 aliphatic rings. The Bertz CT molecular complexity index is 1380. The van der Waals surface area contributed by atoms with Crippen LogP contribution in [0.3, 0.4) is 0 Å². The molecular formula is C31H48N8O7. The number of nitrogens with one attached hydrogen (secondary N) is 4. The van der Waals surface area contributed by atoms with Crippen LogP contribution in [-0.4, -0.2) is 107 Å². The van der Waals surface area contributed by atoms with Crippen molar-refractivity contribution in [1.29, 1.82) is 0 Å². The van der Waals surface area contributed by atoms with Crippen LogP contribution in [0.4, 0.5) is 9.59 Å². The van der Waals surface area contributed by atoms with Gasteiger partial charge in [-0.15, -0.1) is 0 Å². The van der Waals surface area contributed by atoms with Gasteiger partial charge in [0.15, 0.2) is 0 Å². The number of hydrogen-bond donors (Lipinski definition) is 4. The fourth-order valence-electron chi connectivity index (χ4n) is 4.35. The summed E-state index contributed by atoms with van der Waals surface area (Å²) < 4.78 is 15.0. The number of imidazole rings is 2. The van der Waals surface area contributed by atoms with E-state index in [4.69, 9.17) is 4.74 Å². The molecule has 15 nitrogen and oxygen atoms in total. The summed E-state index contributed by atoms with van der Waals surface area (Å²) in [5, 5.41) is 5.18. The molecule has 0 aliphatic heterocycles. The van der Waals surface area contributed by atoms with Gasteiger partial charge in [-0.25, -0.2) is 19.6 Å². The van der Waals surface area contributed by atoms with Gasteiger partial charge < -0.3 is 44.6 Å². The third-order valence-corrected chi connectivity index (χ3v) is 7.59. The summed E-state index contributed by atoms with van der Waals surface area (Å²) in [5.41, 5.74) is 1.42. The summed E-state index contributed by atoms with van der Waals surface area (Å²) in [6.45, 7) is 11.6. The van der Waals surface area contributed by atoms with Crippen LogP contribution < -0.4 is 10.6 Å². The molecule has 4 N–H and O–H groups in total. The topological polar surface area (TPSA) is 184 Å². The second-order valence-electron chi connectivity index (χ2n) is 11.5. The highest BCUT2D eigenvalue weighted by molar-refractivity contribution is 5.86. The van der Waals surface area contributed by atoms with Crippen molar-refractivity contribution in [2.45, 2.75) is 72.1 Å². The number of carbonyl (C=O) groups is 4. The molecule has 0 bridgehead atoms. The van der Waals surface area contributed by atoms with Gasteiger partial charge in [-0.1, -0.05) is 33.6 Å². The highest BCUT2D eigenvalue weighted by atomic mass is 16.5. The van der Waals surface area contributed by atoms with Crippen molar-refractivity contribution < 1.29 is 33.4 Å². The number of ether oxygens (including phenoxy) is 3. The number of alkyl carbamates (subject to hydrolysis) is 2. The Morgan fingerprint density at radius 2 is 1.28 bits per heavy atom. The molecule has 0 unspecified atom stereocenters. The monoisotopic (exact) mass is 644 g/mol. The number of H-pyrrole nitrogens is 2. The van der Waals surface area contributed by atoms with Gasteiger partial charge in [-0.05, 0) is 31.6 Å². The first kappa shape index (κ1) is 37.6. The minimum atomic E-state index is -0.743. The quantitative estimate of drug-likeness (QED) is 0.177. The Labute approximate surface area is 270 Å². The molecule has 0 aliphatic carbocycles. The van der Waals surface area contributed by atoms with E-state index in [0.717, 1.165) is 5.69 Å². The van der Waals surface area contributed by atoms with Gasteiger partial charge in [0.05, 0.1) is 39.1 Å². The summed E-state index contributed by atoms with van der Waals surface area (Å²) in [6.07, 6.45) is 2.53. The number of methoxy groups -OCH3 is 2. The number of carbonyl (C=O) groups excluding carboxylic acids is 4. The normalized spacial score (nSPS) is 13.6. The van der Waals surface area contributed by atoms with E-state index in [-0.39, 0.29) is 36.3 Å². The van der Waals surface area contributed by atoms with Crippen LogP contribution in [0.1, 0.15) is 76.7 Å². The fraction of sp³-hybridized carbons (Fsp3) is 0.613. The summed E-state index contributed by atoms with van der Waals surface area (Å²) in [7, 11) is 5.82. The zero-order chi connectivity index (χ0) is 34.6. The van der Waals surface area contributed by atoms with Gasteiger partial charge in [0.1, 0.15) is 36.0 Å². The highest BCUT2D eigenvalue weighted by Gasteiger charge is 2.32.